The van der Waals surface area contributed by atoms with Crippen LogP contribution in [0, 0.1) is 12.0 Å². The summed E-state index contributed by atoms with van der Waals surface area (Å²) in [5.41, 5.74) is 19.0. The van der Waals surface area contributed by atoms with Crippen molar-refractivity contribution in [2.75, 3.05) is 0 Å². The van der Waals surface area contributed by atoms with Crippen molar-refractivity contribution >= 4 is 223 Å². The van der Waals surface area contributed by atoms with Crippen LogP contribution in [0.1, 0.15) is 39.0 Å². The Kier molecular flexibility index (Phi) is 19.8. The molecule has 26 rings (SSSR count). The zero-order valence-electron chi connectivity index (χ0n) is 68.0. The van der Waals surface area contributed by atoms with E-state index in [1.165, 1.54) is 169 Å². The molecule has 13 heterocycles. The molecule has 13 aromatic carbocycles. The van der Waals surface area contributed by atoms with Gasteiger partial charge < -0.3 is 0 Å². The molecule has 0 N–H and O–H groups in total. The molecule has 0 aliphatic rings. The first-order valence-corrected chi connectivity index (χ1v) is 49.0. The van der Waals surface area contributed by atoms with Gasteiger partial charge in [-0.05, 0) is 0 Å². The number of aryl methyl sites for hydroxylation is 1. The van der Waals surface area contributed by atoms with Gasteiger partial charge in [0.25, 0.3) is 0 Å². The molecule has 0 bridgehead atoms. The van der Waals surface area contributed by atoms with Gasteiger partial charge >= 0.3 is 748 Å². The first-order chi connectivity index (χ1) is 61.9. The van der Waals surface area contributed by atoms with Crippen LogP contribution in [-0.2, 0) is 7.05 Å². The Labute approximate surface area is 742 Å². The minimum absolute atomic E-state index is 0.212. The summed E-state index contributed by atoms with van der Waals surface area (Å²) in [6.07, 6.45) is 19.1. The van der Waals surface area contributed by atoms with Crippen molar-refractivity contribution in [1.29, 1.82) is 0 Å². The monoisotopic (exact) mass is 1870 g/mol. The first kappa shape index (κ1) is 76.1. The summed E-state index contributed by atoms with van der Waals surface area (Å²) in [7, 11) is 2.07. The van der Waals surface area contributed by atoms with Crippen LogP contribution >= 0.6 is 0 Å². The van der Waals surface area contributed by atoms with Crippen LogP contribution in [0.2, 0.25) is 0 Å². The van der Waals surface area contributed by atoms with E-state index in [0.717, 1.165) is 67.4 Å². The average molecular weight is 1870 g/mol. The van der Waals surface area contributed by atoms with E-state index in [1.54, 1.807) is 12.4 Å². The number of rotatable bonds is 10. The first-order valence-electron chi connectivity index (χ1n) is 42.1. The average Bonchev–Trinajstić information content (AvgIpc) is 1.58. The van der Waals surface area contributed by atoms with Crippen LogP contribution in [0.15, 0.2) is 353 Å². The number of hydrogen-bond acceptors (Lipinski definition) is 8. The molecular weight excluding hydrogens is 1790 g/mol. The summed E-state index contributed by atoms with van der Waals surface area (Å²) in [6, 6.07) is 114. The predicted molar refractivity (Wildman–Crippen MR) is 525 cm³/mol. The summed E-state index contributed by atoms with van der Waals surface area (Å²) < 4.78 is 20.5. The van der Waals surface area contributed by atoms with E-state index < -0.39 is 0 Å². The van der Waals surface area contributed by atoms with Crippen molar-refractivity contribution in [1.82, 2.24) is 58.1 Å². The van der Waals surface area contributed by atoms with Gasteiger partial charge in [0.05, 0.1) is 0 Å². The van der Waals surface area contributed by atoms with E-state index in [-0.39, 0.29) is 14.5 Å². The van der Waals surface area contributed by atoms with Crippen molar-refractivity contribution in [2.45, 2.75) is 39.0 Å². The molecule has 0 aliphatic heterocycles. The molecule has 0 unspecified atom stereocenters. The maximum atomic E-state index is 5.03. The second-order valence-electron chi connectivity index (χ2n) is 31.3. The van der Waals surface area contributed by atoms with E-state index in [4.69, 9.17) is 19.9 Å². The van der Waals surface area contributed by atoms with Crippen molar-refractivity contribution in [2.24, 2.45) is 7.05 Å². The molecule has 0 amide bonds. The molecule has 13 aromatic heterocycles. The van der Waals surface area contributed by atoms with Crippen molar-refractivity contribution in [3.63, 3.8) is 0 Å². The van der Waals surface area contributed by atoms with E-state index in [1.807, 2.05) is 91.6 Å². The summed E-state index contributed by atoms with van der Waals surface area (Å²) in [4.78, 5) is 37.8. The van der Waals surface area contributed by atoms with Gasteiger partial charge in [0, 0.05) is 0 Å². The van der Waals surface area contributed by atoms with Crippen LogP contribution < -0.4 is 0 Å². The molecule has 0 atom stereocenters. The van der Waals surface area contributed by atoms with Gasteiger partial charge in [-0.2, -0.15) is 0 Å². The number of aromatic nitrogens is 12. The fourth-order valence-corrected chi connectivity index (χ4v) is 28.4. The van der Waals surface area contributed by atoms with Crippen molar-refractivity contribution in [3.8, 4) is 68.6 Å². The maximum absolute atomic E-state index is 5.03. The van der Waals surface area contributed by atoms with Gasteiger partial charge in [-0.3, -0.25) is 0 Å². The molecule has 0 radical (unpaired) electrons. The zero-order valence-corrected chi connectivity index (χ0v) is 74.9. The molecule has 26 aromatic rings. The van der Waals surface area contributed by atoms with Crippen LogP contribution in [-0.4, -0.2) is 116 Å². The van der Waals surface area contributed by atoms with Crippen LogP contribution in [0.3, 0.4) is 0 Å². The van der Waals surface area contributed by atoms with Gasteiger partial charge in [-0.1, -0.05) is 0 Å². The quantitative estimate of drug-likeness (QED) is 0.0754. The van der Waals surface area contributed by atoms with Gasteiger partial charge in [0.1, 0.15) is 0 Å². The number of fused-ring (bicyclic) bond motifs is 28. The van der Waals surface area contributed by atoms with Gasteiger partial charge in [-0.15, -0.1) is 0 Å². The van der Waals surface area contributed by atoms with Crippen LogP contribution in [0.5, 0.6) is 0 Å². The number of benzene rings is 13. The normalized spacial score (nSPS) is 11.7. The molecule has 0 spiro atoms. The van der Waals surface area contributed by atoms with E-state index in [0.29, 0.717) is 61.1 Å². The molecule has 16 heteroatoms. The molecule has 12 nitrogen and oxygen atoms in total. The van der Waals surface area contributed by atoms with Crippen LogP contribution in [0.25, 0.3) is 221 Å². The van der Waals surface area contributed by atoms with Gasteiger partial charge in [0.2, 0.25) is 0 Å². The van der Waals surface area contributed by atoms with Crippen molar-refractivity contribution in [3.05, 3.63) is 353 Å². The number of nitrogens with zero attached hydrogens (tertiary/aromatic N) is 12. The Balaban J connectivity index is 0.0000000983. The molecule has 594 valence electrons. The third-order valence-electron chi connectivity index (χ3n) is 23.9. The SMILES string of the molecule is CCCCCCC#Cn1c2cnccc2c2c3[se]c4ccccc4c3ccc21.Cn1c2ccc3c4ccccc4[se]c3c2c2nccnc21.c1ccc(-c2cc(-c3ccccc3)cc(-n3c4cccnc4c4ccc5[se]c6ccccc6c5c43)c2)cc1.c1ccc(-c2nc(-c3ccccc3)nc(-n3c4ccncc4c4c5[se]c6ccccc6c5ccc43)n2)cc1. The molecule has 0 saturated heterocycles. The number of pyridine rings is 3. The Morgan fingerprint density at radius 1 is 0.312 bits per heavy atom. The van der Waals surface area contributed by atoms with Crippen LogP contribution in [0.4, 0.5) is 0 Å². The summed E-state index contributed by atoms with van der Waals surface area (Å²) >= 11 is 1.19. The van der Waals surface area contributed by atoms with E-state index >= 15 is 0 Å². The Morgan fingerprint density at radius 2 is 0.832 bits per heavy atom. The fraction of sp³-hybridized carbons (Fsp3) is 0.0642. The summed E-state index contributed by atoms with van der Waals surface area (Å²) in [6.45, 7) is 2.25. The predicted octanol–water partition coefficient (Wildman–Crippen LogP) is 25.8. The van der Waals surface area contributed by atoms with E-state index in [2.05, 4.69) is 313 Å². The molecule has 0 saturated carbocycles. The number of hydrogen-bond donors (Lipinski definition) is 0. The third-order valence-corrected chi connectivity index (χ3v) is 33.9. The molecule has 0 aliphatic carbocycles. The Bertz CT molecular complexity index is 8650. The summed E-state index contributed by atoms with van der Waals surface area (Å²) in [5.74, 6) is 5.31. The Morgan fingerprint density at radius 3 is 1.46 bits per heavy atom. The standard InChI is InChI=1S/C35H22N2Se.C32H19N5Se.C25H22N2Se.C17H11N3Se/c1-3-10-23(11-4-1)25-20-26(24-12-5-2-6-13-24)22-27(21-25)37-30-15-9-19-36-34(30)29-17-18-32-33(35(29)37)28-14-7-8-16-31(28)38-32;1-3-9-20(10-4-1)30-34-31(21-11-5-2-6-12-21)36-32(35-30)37-25-17-18-33-19-24(25)28-26(37)16-15-23-22-13-7-8-14-27(22)38-29(23)28;1-2-3-4-5-6-9-16-27-21-13-12-19-18-10-7-8-11-23(18)28-25(19)24(21)20-14-15-26-17-22(20)27;1-20-12-7-6-11-10-4-2-3-5-13(10)21-16(11)14(12)15-17(20)19-9-8-18-15/h1-22H;1-19H;7-8,10-15,17H,2-6H2,1H3;2-9H,1H3. The second-order valence-corrected chi connectivity index (χ2v) is 40.2. The molecular formula is C109H74N12Se4. The zero-order chi connectivity index (χ0) is 83.0. The topological polar surface area (TPSA) is 123 Å². The van der Waals surface area contributed by atoms with Gasteiger partial charge in [0.15, 0.2) is 0 Å². The summed E-state index contributed by atoms with van der Waals surface area (Å²) in [5, 5.41) is 18.4. The number of unbranched alkanes of at least 4 members (excludes halogenated alkanes) is 4. The van der Waals surface area contributed by atoms with E-state index in [9.17, 15) is 0 Å². The second kappa shape index (κ2) is 32.5. The van der Waals surface area contributed by atoms with Gasteiger partial charge in [-0.25, -0.2) is 0 Å². The molecule has 125 heavy (non-hydrogen) atoms. The molecule has 0 fully saturated rings. The Hall–Kier alpha value is -13.8. The third kappa shape index (κ3) is 13.4. The van der Waals surface area contributed by atoms with Crippen molar-refractivity contribution < 1.29 is 0 Å². The fourth-order valence-electron chi connectivity index (χ4n) is 18.2. The minimum atomic E-state index is 0.212.